The zero-order valence-corrected chi connectivity index (χ0v) is 19.2. The first-order chi connectivity index (χ1) is 15.7. The summed E-state index contributed by atoms with van der Waals surface area (Å²) in [5.41, 5.74) is 1.27. The minimum Gasteiger partial charge on any atom is -0.356 e. The lowest BCUT2D eigenvalue weighted by molar-refractivity contribution is -0.135. The van der Waals surface area contributed by atoms with Crippen LogP contribution in [-0.2, 0) is 17.8 Å². The fourth-order valence-electron chi connectivity index (χ4n) is 4.86. The first-order valence-electron chi connectivity index (χ1n) is 12.0. The van der Waals surface area contributed by atoms with Crippen molar-refractivity contribution in [2.75, 3.05) is 26.7 Å². The van der Waals surface area contributed by atoms with Gasteiger partial charge in [-0.25, -0.2) is 4.98 Å². The second-order valence-electron chi connectivity index (χ2n) is 8.96. The van der Waals surface area contributed by atoms with E-state index < -0.39 is 0 Å². The van der Waals surface area contributed by atoms with Crippen molar-refractivity contribution in [1.29, 1.82) is 0 Å². The molecule has 2 aromatic rings. The molecule has 0 radical (unpaired) electrons. The van der Waals surface area contributed by atoms with Gasteiger partial charge in [-0.1, -0.05) is 49.6 Å². The number of likely N-dealkylation sites (tertiary alicyclic amines) is 1. The zero-order chi connectivity index (χ0) is 22.2. The number of amides is 1. The van der Waals surface area contributed by atoms with Crippen LogP contribution in [0.2, 0.25) is 0 Å². The summed E-state index contributed by atoms with van der Waals surface area (Å²) in [7, 11) is 1.80. The first kappa shape index (κ1) is 22.4. The van der Waals surface area contributed by atoms with Crippen molar-refractivity contribution in [3.8, 4) is 0 Å². The molecular formula is C25H36N6O. The molecule has 1 saturated heterocycles. The molecule has 0 bridgehead atoms. The van der Waals surface area contributed by atoms with Crippen molar-refractivity contribution in [3.63, 3.8) is 0 Å². The fourth-order valence-corrected chi connectivity index (χ4v) is 4.86. The van der Waals surface area contributed by atoms with Gasteiger partial charge < -0.3 is 20.1 Å². The number of aromatic nitrogens is 2. The predicted octanol–water partition coefficient (Wildman–Crippen LogP) is 2.82. The molecule has 2 fully saturated rings. The Morgan fingerprint density at radius 2 is 1.97 bits per heavy atom. The van der Waals surface area contributed by atoms with Crippen molar-refractivity contribution in [2.24, 2.45) is 10.9 Å². The predicted molar refractivity (Wildman–Crippen MR) is 128 cm³/mol. The van der Waals surface area contributed by atoms with Crippen LogP contribution in [0, 0.1) is 5.92 Å². The van der Waals surface area contributed by atoms with Gasteiger partial charge in [0.05, 0.1) is 0 Å². The number of aliphatic imine (C=N–C) groups is 1. The maximum atomic E-state index is 12.8. The molecule has 7 heteroatoms. The van der Waals surface area contributed by atoms with Crippen molar-refractivity contribution in [2.45, 2.75) is 57.5 Å². The SMILES string of the molecule is CN=C(NCCc1nccn1Cc1ccccc1)NC1CCN(C(=O)C2CCCCC2)C1. The number of rotatable bonds is 7. The Kier molecular flexibility index (Phi) is 7.80. The third-order valence-corrected chi connectivity index (χ3v) is 6.66. The zero-order valence-electron chi connectivity index (χ0n) is 19.2. The summed E-state index contributed by atoms with van der Waals surface area (Å²) in [6, 6.07) is 10.7. The van der Waals surface area contributed by atoms with Crippen molar-refractivity contribution in [3.05, 3.63) is 54.1 Å². The number of nitrogens with one attached hydrogen (secondary N) is 2. The van der Waals surface area contributed by atoms with E-state index >= 15 is 0 Å². The minimum atomic E-state index is 0.250. The van der Waals surface area contributed by atoms with Gasteiger partial charge in [0.25, 0.3) is 0 Å². The molecule has 1 atom stereocenters. The molecule has 1 aliphatic carbocycles. The molecule has 7 nitrogen and oxygen atoms in total. The molecule has 1 saturated carbocycles. The number of imidazole rings is 1. The Morgan fingerprint density at radius 3 is 2.75 bits per heavy atom. The highest BCUT2D eigenvalue weighted by atomic mass is 16.2. The van der Waals surface area contributed by atoms with Crippen LogP contribution in [0.1, 0.15) is 49.9 Å². The molecular weight excluding hydrogens is 400 g/mol. The number of hydrogen-bond acceptors (Lipinski definition) is 3. The van der Waals surface area contributed by atoms with Gasteiger partial charge in [0.15, 0.2) is 5.96 Å². The highest BCUT2D eigenvalue weighted by Gasteiger charge is 2.31. The van der Waals surface area contributed by atoms with E-state index in [1.54, 1.807) is 7.05 Å². The first-order valence-corrected chi connectivity index (χ1v) is 12.0. The number of hydrogen-bond donors (Lipinski definition) is 2. The highest BCUT2D eigenvalue weighted by Crippen LogP contribution is 2.26. The Hall–Kier alpha value is -2.83. The molecule has 1 unspecified atom stereocenters. The van der Waals surface area contributed by atoms with Crippen LogP contribution >= 0.6 is 0 Å². The molecule has 4 rings (SSSR count). The van der Waals surface area contributed by atoms with Crippen molar-refractivity contribution in [1.82, 2.24) is 25.1 Å². The summed E-state index contributed by atoms with van der Waals surface area (Å²) in [5.74, 6) is 2.46. The summed E-state index contributed by atoms with van der Waals surface area (Å²) >= 11 is 0. The van der Waals surface area contributed by atoms with E-state index in [9.17, 15) is 4.79 Å². The normalized spacial score (nSPS) is 19.8. The molecule has 172 valence electrons. The van der Waals surface area contributed by atoms with E-state index in [2.05, 4.69) is 54.3 Å². The third kappa shape index (κ3) is 5.90. The van der Waals surface area contributed by atoms with Crippen molar-refractivity contribution < 1.29 is 4.79 Å². The molecule has 1 aromatic heterocycles. The van der Waals surface area contributed by atoms with Gasteiger partial charge in [0, 0.05) is 64.0 Å². The van der Waals surface area contributed by atoms with Gasteiger partial charge in [-0.15, -0.1) is 0 Å². The van der Waals surface area contributed by atoms with Gasteiger partial charge in [-0.3, -0.25) is 9.79 Å². The van der Waals surface area contributed by atoms with Crippen LogP contribution in [0.15, 0.2) is 47.7 Å². The van der Waals surface area contributed by atoms with Gasteiger partial charge in [-0.05, 0) is 24.8 Å². The van der Waals surface area contributed by atoms with Gasteiger partial charge in [0.1, 0.15) is 5.82 Å². The van der Waals surface area contributed by atoms with Gasteiger partial charge >= 0.3 is 0 Å². The number of nitrogens with zero attached hydrogens (tertiary/aromatic N) is 4. The average Bonchev–Trinajstić information content (AvgIpc) is 3.49. The van der Waals surface area contributed by atoms with Crippen LogP contribution in [-0.4, -0.2) is 59.0 Å². The molecule has 2 aliphatic rings. The number of carbonyl (C=O) groups excluding carboxylic acids is 1. The van der Waals surface area contributed by atoms with Crippen molar-refractivity contribution >= 4 is 11.9 Å². The maximum absolute atomic E-state index is 12.8. The molecule has 32 heavy (non-hydrogen) atoms. The Bertz CT molecular complexity index is 887. The number of carbonyl (C=O) groups is 1. The van der Waals surface area contributed by atoms with Crippen LogP contribution in [0.3, 0.4) is 0 Å². The van der Waals surface area contributed by atoms with Crippen LogP contribution in [0.4, 0.5) is 0 Å². The fraction of sp³-hybridized carbons (Fsp3) is 0.560. The lowest BCUT2D eigenvalue weighted by Gasteiger charge is -2.26. The lowest BCUT2D eigenvalue weighted by Crippen LogP contribution is -2.46. The molecule has 0 spiro atoms. The monoisotopic (exact) mass is 436 g/mol. The quantitative estimate of drug-likeness (QED) is 0.517. The van der Waals surface area contributed by atoms with Crippen LogP contribution in [0.25, 0.3) is 0 Å². The lowest BCUT2D eigenvalue weighted by atomic mass is 9.88. The van der Waals surface area contributed by atoms with E-state index in [0.717, 1.165) is 63.6 Å². The average molecular weight is 437 g/mol. The largest absolute Gasteiger partial charge is 0.356 e. The minimum absolute atomic E-state index is 0.250. The smallest absolute Gasteiger partial charge is 0.225 e. The molecule has 1 amide bonds. The second-order valence-corrected chi connectivity index (χ2v) is 8.96. The summed E-state index contributed by atoms with van der Waals surface area (Å²) in [5, 5.41) is 6.92. The molecule has 1 aromatic carbocycles. The maximum Gasteiger partial charge on any atom is 0.225 e. The standard InChI is InChI=1S/C25H36N6O/c1-26-25(29-22-13-16-31(19-22)24(32)21-10-6-3-7-11-21)28-14-12-23-27-15-17-30(23)18-20-8-4-2-5-9-20/h2,4-5,8-9,15,17,21-22H,3,6-7,10-14,16,18-19H2,1H3,(H2,26,28,29). The van der Waals surface area contributed by atoms with Crippen LogP contribution in [0.5, 0.6) is 0 Å². The number of guanidine groups is 1. The molecule has 2 heterocycles. The summed E-state index contributed by atoms with van der Waals surface area (Å²) in [4.78, 5) is 23.8. The molecule has 1 aliphatic heterocycles. The van der Waals surface area contributed by atoms with E-state index in [1.165, 1.54) is 24.8 Å². The van der Waals surface area contributed by atoms with E-state index in [-0.39, 0.29) is 12.0 Å². The van der Waals surface area contributed by atoms with E-state index in [0.29, 0.717) is 5.91 Å². The number of benzene rings is 1. The highest BCUT2D eigenvalue weighted by molar-refractivity contribution is 5.81. The summed E-state index contributed by atoms with van der Waals surface area (Å²) in [6.07, 6.45) is 11.5. The van der Waals surface area contributed by atoms with Gasteiger partial charge in [-0.2, -0.15) is 0 Å². The van der Waals surface area contributed by atoms with E-state index in [1.807, 2.05) is 18.5 Å². The molecule has 2 N–H and O–H groups in total. The van der Waals surface area contributed by atoms with Gasteiger partial charge in [0.2, 0.25) is 5.91 Å². The van der Waals surface area contributed by atoms with Crippen LogP contribution < -0.4 is 10.6 Å². The summed E-state index contributed by atoms with van der Waals surface area (Å²) in [6.45, 7) is 3.21. The Morgan fingerprint density at radius 1 is 1.16 bits per heavy atom. The van der Waals surface area contributed by atoms with E-state index in [4.69, 9.17) is 0 Å². The Labute approximate surface area is 191 Å². The third-order valence-electron chi connectivity index (χ3n) is 6.66. The summed E-state index contributed by atoms with van der Waals surface area (Å²) < 4.78 is 2.19. The second kappa shape index (κ2) is 11.2. The Balaban J connectivity index is 1.21. The topological polar surface area (TPSA) is 74.6 Å².